The average molecular weight is 478 g/mol. The number of amides is 1. The molecule has 0 saturated carbocycles. The van der Waals surface area contributed by atoms with Gasteiger partial charge in [0, 0.05) is 35.8 Å². The standard InChI is InChI=1S/C25H36ClN3O4/c1-17(2)15-33-24(31)29-10-6-18(7-11-29)22(23(30)32-3)28-12-8-25(9-13-28)16-27-21-14-19(26)4-5-20(21)25/h4-5,14,17-18,22,27H,6-13,15-16H2,1-3H3. The molecule has 0 aromatic heterocycles. The lowest BCUT2D eigenvalue weighted by Gasteiger charge is -2.45. The smallest absolute Gasteiger partial charge is 0.409 e. The van der Waals surface area contributed by atoms with Crippen molar-refractivity contribution in [3.05, 3.63) is 28.8 Å². The van der Waals surface area contributed by atoms with Crippen LogP contribution in [0.2, 0.25) is 5.02 Å². The van der Waals surface area contributed by atoms with E-state index in [1.54, 1.807) is 4.90 Å². The number of benzene rings is 1. The number of rotatable bonds is 5. The largest absolute Gasteiger partial charge is 0.468 e. The van der Waals surface area contributed by atoms with Crippen LogP contribution < -0.4 is 5.32 Å². The third-order valence-corrected chi connectivity index (χ3v) is 7.78. The number of esters is 1. The van der Waals surface area contributed by atoms with Gasteiger partial charge < -0.3 is 19.7 Å². The normalized spacial score (nSPS) is 21.5. The van der Waals surface area contributed by atoms with Crippen LogP contribution in [0.3, 0.4) is 0 Å². The molecule has 3 aliphatic heterocycles. The minimum absolute atomic E-state index is 0.0978. The second kappa shape index (κ2) is 10.1. The molecule has 1 unspecified atom stereocenters. The fourth-order valence-electron chi connectivity index (χ4n) is 5.65. The summed E-state index contributed by atoms with van der Waals surface area (Å²) in [6, 6.07) is 5.87. The van der Waals surface area contributed by atoms with Crippen molar-refractivity contribution >= 4 is 29.4 Å². The van der Waals surface area contributed by atoms with Crippen molar-refractivity contribution in [1.29, 1.82) is 0 Å². The first-order valence-electron chi connectivity index (χ1n) is 12.1. The summed E-state index contributed by atoms with van der Waals surface area (Å²) < 4.78 is 10.6. The highest BCUT2D eigenvalue weighted by molar-refractivity contribution is 6.30. The highest BCUT2D eigenvalue weighted by Crippen LogP contribution is 2.45. The lowest BCUT2D eigenvalue weighted by atomic mass is 9.73. The van der Waals surface area contributed by atoms with Gasteiger partial charge in [0.25, 0.3) is 0 Å². The number of hydrogen-bond donors (Lipinski definition) is 1. The second-order valence-electron chi connectivity index (χ2n) is 10.1. The number of fused-ring (bicyclic) bond motifs is 2. The SMILES string of the molecule is COC(=O)C(C1CCN(C(=O)OCC(C)C)CC1)N1CCC2(CC1)CNc1cc(Cl)ccc12. The molecule has 3 heterocycles. The zero-order chi connectivity index (χ0) is 23.6. The molecule has 1 atom stereocenters. The lowest BCUT2D eigenvalue weighted by molar-refractivity contribution is -0.151. The van der Waals surface area contributed by atoms with Crippen LogP contribution in [0.5, 0.6) is 0 Å². The van der Waals surface area contributed by atoms with E-state index < -0.39 is 0 Å². The molecule has 1 aromatic rings. The summed E-state index contributed by atoms with van der Waals surface area (Å²) in [7, 11) is 1.47. The Morgan fingerprint density at radius 1 is 1.18 bits per heavy atom. The van der Waals surface area contributed by atoms with E-state index in [1.807, 2.05) is 26.0 Å². The highest BCUT2D eigenvalue weighted by atomic mass is 35.5. The predicted octanol–water partition coefficient (Wildman–Crippen LogP) is 4.15. The first-order chi connectivity index (χ1) is 15.8. The Morgan fingerprint density at radius 3 is 2.52 bits per heavy atom. The summed E-state index contributed by atoms with van der Waals surface area (Å²) in [4.78, 5) is 29.3. The minimum Gasteiger partial charge on any atom is -0.468 e. The number of carbonyl (C=O) groups is 2. The van der Waals surface area contributed by atoms with Crippen molar-refractivity contribution in [2.24, 2.45) is 11.8 Å². The number of likely N-dealkylation sites (tertiary alicyclic amines) is 2. The molecule has 7 nitrogen and oxygen atoms in total. The maximum atomic E-state index is 12.9. The number of ether oxygens (including phenoxy) is 2. The molecule has 1 N–H and O–H groups in total. The van der Waals surface area contributed by atoms with Crippen LogP contribution in [0, 0.1) is 11.8 Å². The third kappa shape index (κ3) is 5.09. The van der Waals surface area contributed by atoms with Crippen molar-refractivity contribution in [1.82, 2.24) is 9.80 Å². The molecule has 0 bridgehead atoms. The summed E-state index contributed by atoms with van der Waals surface area (Å²) in [5.74, 6) is 0.327. The minimum atomic E-state index is -0.264. The number of anilines is 1. The molecule has 2 fully saturated rings. The molecule has 8 heteroatoms. The molecule has 3 aliphatic rings. The topological polar surface area (TPSA) is 71.1 Å². The number of carbonyl (C=O) groups excluding carboxylic acids is 2. The Hall–Kier alpha value is -1.99. The first-order valence-corrected chi connectivity index (χ1v) is 12.5. The highest BCUT2D eigenvalue weighted by Gasteiger charge is 2.45. The van der Waals surface area contributed by atoms with Crippen molar-refractivity contribution in [3.63, 3.8) is 0 Å². The Kier molecular flexibility index (Phi) is 7.39. The second-order valence-corrected chi connectivity index (χ2v) is 10.6. The van der Waals surface area contributed by atoms with Gasteiger partial charge in [-0.05, 0) is 68.3 Å². The average Bonchev–Trinajstić information content (AvgIpc) is 3.16. The van der Waals surface area contributed by atoms with E-state index in [1.165, 1.54) is 12.7 Å². The zero-order valence-electron chi connectivity index (χ0n) is 19.9. The van der Waals surface area contributed by atoms with Gasteiger partial charge >= 0.3 is 12.1 Å². The molecule has 33 heavy (non-hydrogen) atoms. The quantitative estimate of drug-likeness (QED) is 0.642. The number of hydrogen-bond acceptors (Lipinski definition) is 6. The Balaban J connectivity index is 1.38. The van der Waals surface area contributed by atoms with E-state index in [0.717, 1.165) is 56.0 Å². The van der Waals surface area contributed by atoms with Crippen LogP contribution in [-0.2, 0) is 19.7 Å². The van der Waals surface area contributed by atoms with E-state index in [0.29, 0.717) is 25.6 Å². The summed E-state index contributed by atoms with van der Waals surface area (Å²) >= 11 is 6.18. The molecular formula is C25H36ClN3O4. The molecule has 2 saturated heterocycles. The summed E-state index contributed by atoms with van der Waals surface area (Å²) in [6.45, 7) is 8.33. The van der Waals surface area contributed by atoms with Crippen LogP contribution in [0.1, 0.15) is 45.1 Å². The van der Waals surface area contributed by atoms with Crippen LogP contribution in [0.4, 0.5) is 10.5 Å². The zero-order valence-corrected chi connectivity index (χ0v) is 20.7. The van der Waals surface area contributed by atoms with Gasteiger partial charge in [0.15, 0.2) is 0 Å². The van der Waals surface area contributed by atoms with Gasteiger partial charge in [-0.15, -0.1) is 0 Å². The van der Waals surface area contributed by atoms with Crippen molar-refractivity contribution in [3.8, 4) is 0 Å². The maximum Gasteiger partial charge on any atom is 0.409 e. The van der Waals surface area contributed by atoms with Gasteiger partial charge in [0.1, 0.15) is 6.04 Å². The van der Waals surface area contributed by atoms with Gasteiger partial charge in [-0.2, -0.15) is 0 Å². The van der Waals surface area contributed by atoms with Crippen LogP contribution in [0.15, 0.2) is 18.2 Å². The van der Waals surface area contributed by atoms with Crippen molar-refractivity contribution in [2.45, 2.75) is 51.0 Å². The van der Waals surface area contributed by atoms with Crippen molar-refractivity contribution < 1.29 is 19.1 Å². The molecule has 1 amide bonds. The Bertz CT molecular complexity index is 861. The lowest BCUT2D eigenvalue weighted by Crippen LogP contribution is -2.55. The Labute approximate surface area is 201 Å². The van der Waals surface area contributed by atoms with Crippen LogP contribution in [-0.4, -0.2) is 74.3 Å². The number of nitrogens with one attached hydrogen (secondary N) is 1. The summed E-state index contributed by atoms with van der Waals surface area (Å²) in [6.07, 6.45) is 3.29. The molecule has 182 valence electrons. The summed E-state index contributed by atoms with van der Waals surface area (Å²) in [5.41, 5.74) is 2.58. The van der Waals surface area contributed by atoms with Crippen LogP contribution in [0.25, 0.3) is 0 Å². The van der Waals surface area contributed by atoms with Gasteiger partial charge in [0.05, 0.1) is 13.7 Å². The molecule has 1 aromatic carbocycles. The number of halogens is 1. The molecule has 0 radical (unpaired) electrons. The van der Waals surface area contributed by atoms with Gasteiger partial charge in [-0.3, -0.25) is 9.69 Å². The van der Waals surface area contributed by atoms with Gasteiger partial charge in [-0.25, -0.2) is 4.79 Å². The van der Waals surface area contributed by atoms with Gasteiger partial charge in [-0.1, -0.05) is 31.5 Å². The monoisotopic (exact) mass is 477 g/mol. The summed E-state index contributed by atoms with van der Waals surface area (Å²) in [5, 5.41) is 4.28. The molecule has 4 rings (SSSR count). The van der Waals surface area contributed by atoms with E-state index in [-0.39, 0.29) is 29.4 Å². The van der Waals surface area contributed by atoms with E-state index >= 15 is 0 Å². The first kappa shape index (κ1) is 24.1. The van der Waals surface area contributed by atoms with Gasteiger partial charge in [0.2, 0.25) is 0 Å². The third-order valence-electron chi connectivity index (χ3n) is 7.55. The van der Waals surface area contributed by atoms with Crippen molar-refractivity contribution in [2.75, 3.05) is 51.8 Å². The van der Waals surface area contributed by atoms with Crippen LogP contribution >= 0.6 is 11.6 Å². The fourth-order valence-corrected chi connectivity index (χ4v) is 5.82. The number of piperidine rings is 2. The molecular weight excluding hydrogens is 442 g/mol. The molecule has 1 spiro atoms. The van der Waals surface area contributed by atoms with E-state index in [4.69, 9.17) is 21.1 Å². The van der Waals surface area contributed by atoms with E-state index in [2.05, 4.69) is 16.3 Å². The predicted molar refractivity (Wildman–Crippen MR) is 129 cm³/mol. The Morgan fingerprint density at radius 2 is 1.88 bits per heavy atom. The number of methoxy groups -OCH3 is 1. The number of nitrogens with zero attached hydrogens (tertiary/aromatic N) is 2. The maximum absolute atomic E-state index is 12.9. The fraction of sp³-hybridized carbons (Fsp3) is 0.680. The molecule has 0 aliphatic carbocycles. The van der Waals surface area contributed by atoms with E-state index in [9.17, 15) is 9.59 Å².